The number of benzene rings is 1. The van der Waals surface area contributed by atoms with E-state index in [1.807, 2.05) is 6.07 Å². The first kappa shape index (κ1) is 16.7. The zero-order valence-corrected chi connectivity index (χ0v) is 14.8. The smallest absolute Gasteiger partial charge is 0.132 e. The lowest BCUT2D eigenvalue weighted by Gasteiger charge is -2.33. The summed E-state index contributed by atoms with van der Waals surface area (Å²) in [5.41, 5.74) is 2.77. The topological polar surface area (TPSA) is 53.9 Å². The highest BCUT2D eigenvalue weighted by Gasteiger charge is 2.21. The monoisotopic (exact) mass is 351 g/mol. The van der Waals surface area contributed by atoms with Gasteiger partial charge >= 0.3 is 0 Å². The second kappa shape index (κ2) is 7.23. The Bertz CT molecular complexity index is 906. The van der Waals surface area contributed by atoms with Crippen molar-refractivity contribution in [3.63, 3.8) is 0 Å². The number of hydrogen-bond acceptors (Lipinski definition) is 5. The molecule has 1 saturated heterocycles. The Kier molecular flexibility index (Phi) is 4.65. The van der Waals surface area contributed by atoms with Crippen molar-refractivity contribution in [1.29, 1.82) is 0 Å². The van der Waals surface area contributed by atoms with E-state index in [9.17, 15) is 4.39 Å². The summed E-state index contributed by atoms with van der Waals surface area (Å²) in [5.74, 6) is 0.756. The van der Waals surface area contributed by atoms with E-state index in [2.05, 4.69) is 38.2 Å². The van der Waals surface area contributed by atoms with Crippen LogP contribution in [0.25, 0.3) is 10.9 Å². The van der Waals surface area contributed by atoms with Crippen LogP contribution in [-0.4, -0.2) is 34.1 Å². The van der Waals surface area contributed by atoms with Crippen LogP contribution in [0.15, 0.2) is 42.9 Å². The fourth-order valence-electron chi connectivity index (χ4n) is 3.47. The van der Waals surface area contributed by atoms with Gasteiger partial charge in [-0.3, -0.25) is 4.98 Å². The van der Waals surface area contributed by atoms with Gasteiger partial charge in [0.1, 0.15) is 18.0 Å². The maximum atomic E-state index is 13.4. The molecule has 1 aromatic carbocycles. The second-order valence-electron chi connectivity index (χ2n) is 6.65. The molecule has 5 nitrogen and oxygen atoms in total. The average Bonchev–Trinajstić information content (AvgIpc) is 2.68. The van der Waals surface area contributed by atoms with Crippen LogP contribution in [0.3, 0.4) is 0 Å². The van der Waals surface area contributed by atoms with Crippen molar-refractivity contribution in [2.24, 2.45) is 0 Å². The third-order valence-corrected chi connectivity index (χ3v) is 4.95. The molecule has 0 saturated carbocycles. The van der Waals surface area contributed by atoms with E-state index < -0.39 is 0 Å². The zero-order valence-electron chi connectivity index (χ0n) is 14.8. The standard InChI is InChI=1S/C20H22FN5/c1-2-15-12-20(24-13-23-15)26-9-6-16(7-10-26)25-18-5-8-22-19-11-14(21)3-4-17(18)19/h3-5,8,11-13,16H,2,6-7,9-10H2,1H3,(H,22,25). The third kappa shape index (κ3) is 3.45. The Hall–Kier alpha value is -2.76. The molecule has 0 radical (unpaired) electrons. The van der Waals surface area contributed by atoms with Crippen molar-refractivity contribution >= 4 is 22.4 Å². The molecule has 1 aliphatic heterocycles. The Morgan fingerprint density at radius 1 is 1.12 bits per heavy atom. The fourth-order valence-corrected chi connectivity index (χ4v) is 3.47. The largest absolute Gasteiger partial charge is 0.382 e. The summed E-state index contributed by atoms with van der Waals surface area (Å²) in [6.45, 7) is 4.01. The molecule has 26 heavy (non-hydrogen) atoms. The molecule has 0 spiro atoms. The van der Waals surface area contributed by atoms with Gasteiger partial charge in [0.05, 0.1) is 5.52 Å². The molecule has 1 fully saturated rings. The van der Waals surface area contributed by atoms with E-state index in [1.54, 1.807) is 18.6 Å². The van der Waals surface area contributed by atoms with Gasteiger partial charge < -0.3 is 10.2 Å². The number of nitrogens with one attached hydrogen (secondary N) is 1. The summed E-state index contributed by atoms with van der Waals surface area (Å²) in [5, 5.41) is 4.57. The molecular formula is C20H22FN5. The SMILES string of the molecule is CCc1cc(N2CCC(Nc3ccnc4cc(F)ccc34)CC2)ncn1. The number of fused-ring (bicyclic) bond motifs is 1. The molecule has 3 heterocycles. The summed E-state index contributed by atoms with van der Waals surface area (Å²) in [7, 11) is 0. The summed E-state index contributed by atoms with van der Waals surface area (Å²) in [6.07, 6.45) is 6.35. The number of aromatic nitrogens is 3. The Morgan fingerprint density at radius 3 is 2.77 bits per heavy atom. The van der Waals surface area contributed by atoms with E-state index in [0.717, 1.165) is 54.9 Å². The number of halogens is 1. The van der Waals surface area contributed by atoms with Crippen molar-refractivity contribution in [1.82, 2.24) is 15.0 Å². The van der Waals surface area contributed by atoms with Gasteiger partial charge in [0.2, 0.25) is 0 Å². The minimum absolute atomic E-state index is 0.258. The minimum Gasteiger partial charge on any atom is -0.382 e. The van der Waals surface area contributed by atoms with Crippen LogP contribution in [0.1, 0.15) is 25.5 Å². The lowest BCUT2D eigenvalue weighted by atomic mass is 10.0. The molecule has 0 amide bonds. The van der Waals surface area contributed by atoms with Gasteiger partial charge in [0.15, 0.2) is 0 Å². The maximum absolute atomic E-state index is 13.4. The normalized spacial score (nSPS) is 15.4. The second-order valence-corrected chi connectivity index (χ2v) is 6.65. The van der Waals surface area contributed by atoms with Crippen LogP contribution in [0.4, 0.5) is 15.9 Å². The number of piperidine rings is 1. The summed E-state index contributed by atoms with van der Waals surface area (Å²) in [6, 6.07) is 9.18. The Balaban J connectivity index is 1.44. The molecule has 4 rings (SSSR count). The summed E-state index contributed by atoms with van der Waals surface area (Å²) < 4.78 is 13.4. The predicted octanol–water partition coefficient (Wildman–Crippen LogP) is 3.81. The van der Waals surface area contributed by atoms with E-state index >= 15 is 0 Å². The lowest BCUT2D eigenvalue weighted by molar-refractivity contribution is 0.523. The number of pyridine rings is 1. The van der Waals surface area contributed by atoms with Gasteiger partial charge in [-0.25, -0.2) is 14.4 Å². The van der Waals surface area contributed by atoms with E-state index in [-0.39, 0.29) is 5.82 Å². The molecule has 1 N–H and O–H groups in total. The van der Waals surface area contributed by atoms with E-state index in [1.165, 1.54) is 12.1 Å². The van der Waals surface area contributed by atoms with Crippen molar-refractivity contribution < 1.29 is 4.39 Å². The highest BCUT2D eigenvalue weighted by Crippen LogP contribution is 2.26. The van der Waals surface area contributed by atoms with E-state index in [4.69, 9.17) is 0 Å². The van der Waals surface area contributed by atoms with Crippen LogP contribution in [0.2, 0.25) is 0 Å². The molecule has 3 aromatic rings. The molecule has 0 aliphatic carbocycles. The van der Waals surface area contributed by atoms with Crippen LogP contribution in [-0.2, 0) is 6.42 Å². The molecule has 1 aliphatic rings. The van der Waals surface area contributed by atoms with Crippen molar-refractivity contribution in [2.45, 2.75) is 32.2 Å². The minimum atomic E-state index is -0.258. The van der Waals surface area contributed by atoms with Gasteiger partial charge in [-0.1, -0.05) is 6.92 Å². The van der Waals surface area contributed by atoms with Gasteiger partial charge in [-0.05, 0) is 37.5 Å². The molecule has 0 bridgehead atoms. The first-order chi connectivity index (χ1) is 12.7. The van der Waals surface area contributed by atoms with Crippen LogP contribution in [0.5, 0.6) is 0 Å². The quantitative estimate of drug-likeness (QED) is 0.775. The van der Waals surface area contributed by atoms with Gasteiger partial charge in [-0.15, -0.1) is 0 Å². The number of anilines is 2. The number of hydrogen-bond donors (Lipinski definition) is 1. The van der Waals surface area contributed by atoms with Gasteiger partial charge in [0, 0.05) is 54.2 Å². The van der Waals surface area contributed by atoms with Crippen LogP contribution in [0, 0.1) is 5.82 Å². The average molecular weight is 351 g/mol. The van der Waals surface area contributed by atoms with Crippen LogP contribution >= 0.6 is 0 Å². The third-order valence-electron chi connectivity index (χ3n) is 4.95. The predicted molar refractivity (Wildman–Crippen MR) is 102 cm³/mol. The zero-order chi connectivity index (χ0) is 17.9. The number of nitrogens with zero attached hydrogens (tertiary/aromatic N) is 4. The van der Waals surface area contributed by atoms with Crippen molar-refractivity contribution in [3.8, 4) is 0 Å². The Morgan fingerprint density at radius 2 is 1.96 bits per heavy atom. The number of aryl methyl sites for hydroxylation is 1. The molecule has 2 aromatic heterocycles. The fraction of sp³-hybridized carbons (Fsp3) is 0.350. The Labute approximate surface area is 152 Å². The van der Waals surface area contributed by atoms with Gasteiger partial charge in [-0.2, -0.15) is 0 Å². The molecule has 6 heteroatoms. The maximum Gasteiger partial charge on any atom is 0.132 e. The molecule has 0 atom stereocenters. The molecular weight excluding hydrogens is 329 g/mol. The highest BCUT2D eigenvalue weighted by molar-refractivity contribution is 5.91. The summed E-state index contributed by atoms with van der Waals surface area (Å²) >= 11 is 0. The van der Waals surface area contributed by atoms with Gasteiger partial charge in [0.25, 0.3) is 0 Å². The first-order valence-electron chi connectivity index (χ1n) is 9.09. The molecule has 134 valence electrons. The lowest BCUT2D eigenvalue weighted by Crippen LogP contribution is -2.39. The van der Waals surface area contributed by atoms with Crippen molar-refractivity contribution in [3.05, 3.63) is 54.4 Å². The molecule has 0 unspecified atom stereocenters. The van der Waals surface area contributed by atoms with E-state index in [0.29, 0.717) is 11.6 Å². The first-order valence-corrected chi connectivity index (χ1v) is 9.09. The summed E-state index contributed by atoms with van der Waals surface area (Å²) in [4.78, 5) is 15.3. The van der Waals surface area contributed by atoms with Crippen LogP contribution < -0.4 is 10.2 Å². The van der Waals surface area contributed by atoms with Crippen molar-refractivity contribution in [2.75, 3.05) is 23.3 Å². The number of rotatable bonds is 4. The highest BCUT2D eigenvalue weighted by atomic mass is 19.1.